The topological polar surface area (TPSA) is 150 Å². The minimum Gasteiger partial charge on any atom is -0.344 e. The summed E-state index contributed by atoms with van der Waals surface area (Å²) in [6.45, 7) is 2.86. The van der Waals surface area contributed by atoms with Gasteiger partial charge in [0.05, 0.1) is 31.0 Å². The second kappa shape index (κ2) is 9.55. The number of hydrogen-bond donors (Lipinski definition) is 2. The van der Waals surface area contributed by atoms with E-state index in [1.165, 1.54) is 11.8 Å². The number of likely N-dealkylation sites (tertiary alicyclic amines) is 1. The number of hydrogen-bond acceptors (Lipinski definition) is 7. The number of rotatable bonds is 6. The van der Waals surface area contributed by atoms with E-state index in [1.807, 2.05) is 24.3 Å². The summed E-state index contributed by atoms with van der Waals surface area (Å²) < 4.78 is 16.1. The Morgan fingerprint density at radius 3 is 2.89 bits per heavy atom. The number of carbonyl (C=O) groups excluding carboxylic acids is 3. The van der Waals surface area contributed by atoms with Gasteiger partial charge in [0.15, 0.2) is 0 Å². The smallest absolute Gasteiger partial charge is 0.246 e. The van der Waals surface area contributed by atoms with Crippen molar-refractivity contribution in [2.45, 2.75) is 70.1 Å². The average Bonchev–Trinajstić information content (AvgIpc) is 3.64. The molecule has 4 heterocycles. The Labute approximate surface area is 213 Å². The van der Waals surface area contributed by atoms with Gasteiger partial charge in [-0.2, -0.15) is 5.26 Å². The van der Waals surface area contributed by atoms with E-state index in [2.05, 4.69) is 15.6 Å². The fraction of sp³-hybridized carbons (Fsp3) is 0.520. The molecule has 0 saturated carbocycles. The molecule has 0 bridgehead atoms. The zero-order valence-electron chi connectivity index (χ0n) is 20.6. The maximum absolute atomic E-state index is 14.4. The molecule has 0 spiro atoms. The number of nitrogens with one attached hydrogen (secondary N) is 1. The molecule has 3 N–H and O–H groups in total. The molecule has 3 amide bonds. The Kier molecular flexibility index (Phi) is 6.41. The number of fused-ring (bicyclic) bond motifs is 1. The number of aromatic nitrogens is 3. The van der Waals surface area contributed by atoms with Crippen LogP contribution in [0.15, 0.2) is 24.4 Å². The van der Waals surface area contributed by atoms with Crippen LogP contribution in [0.2, 0.25) is 0 Å². The first-order valence-corrected chi connectivity index (χ1v) is 12.3. The van der Waals surface area contributed by atoms with E-state index in [9.17, 15) is 24.0 Å². The predicted octanol–water partition coefficient (Wildman–Crippen LogP) is 0.375. The Morgan fingerprint density at radius 1 is 1.35 bits per heavy atom. The highest BCUT2D eigenvalue weighted by atomic mass is 19.1. The molecule has 11 nitrogen and oxygen atoms in total. The number of carbonyl (C=O) groups is 3. The first kappa shape index (κ1) is 24.8. The first-order valence-electron chi connectivity index (χ1n) is 12.3. The normalized spacial score (nSPS) is 26.8. The molecule has 12 heteroatoms. The number of benzene rings is 1. The van der Waals surface area contributed by atoms with Crippen molar-refractivity contribution in [3.8, 4) is 6.07 Å². The Morgan fingerprint density at radius 2 is 2.16 bits per heavy atom. The van der Waals surface area contributed by atoms with E-state index in [1.54, 1.807) is 15.8 Å². The number of nitrogens with two attached hydrogens (primary N) is 1. The van der Waals surface area contributed by atoms with Gasteiger partial charge in [0, 0.05) is 38.4 Å². The molecule has 0 radical (unpaired) electrons. The fourth-order valence-electron chi connectivity index (χ4n) is 5.51. The molecule has 1 aromatic heterocycles. The van der Waals surface area contributed by atoms with E-state index in [0.29, 0.717) is 31.9 Å². The van der Waals surface area contributed by atoms with Gasteiger partial charge in [-0.3, -0.25) is 14.4 Å². The van der Waals surface area contributed by atoms with Gasteiger partial charge in [0.1, 0.15) is 17.8 Å². The fourth-order valence-corrected chi connectivity index (χ4v) is 5.51. The molecular weight excluding hydrogens is 479 g/mol. The molecule has 2 saturated heterocycles. The molecule has 5 rings (SSSR count). The van der Waals surface area contributed by atoms with Gasteiger partial charge in [0.2, 0.25) is 17.7 Å². The van der Waals surface area contributed by atoms with Crippen LogP contribution in [0.5, 0.6) is 0 Å². The van der Waals surface area contributed by atoms with Crippen molar-refractivity contribution >= 4 is 17.7 Å². The highest BCUT2D eigenvalue weighted by Gasteiger charge is 2.47. The van der Waals surface area contributed by atoms with Gasteiger partial charge >= 0.3 is 0 Å². The van der Waals surface area contributed by atoms with Gasteiger partial charge in [0.25, 0.3) is 0 Å². The van der Waals surface area contributed by atoms with Crippen LogP contribution in [0, 0.1) is 17.2 Å². The first-order chi connectivity index (χ1) is 17.7. The number of nitriles is 1. The number of alkyl halides is 1. The van der Waals surface area contributed by atoms with E-state index >= 15 is 0 Å². The predicted molar refractivity (Wildman–Crippen MR) is 128 cm³/mol. The highest BCUT2D eigenvalue weighted by molar-refractivity contribution is 5.94. The Bertz CT molecular complexity index is 1280. The van der Waals surface area contributed by atoms with Crippen LogP contribution in [0.1, 0.15) is 48.6 Å². The highest BCUT2D eigenvalue weighted by Crippen LogP contribution is 2.33. The second-order valence-electron chi connectivity index (χ2n) is 10.3. The maximum atomic E-state index is 14.4. The molecule has 4 atom stereocenters. The number of nitrogens with zero attached hydrogens (tertiary/aromatic N) is 6. The largest absolute Gasteiger partial charge is 0.344 e. The van der Waals surface area contributed by atoms with Crippen LogP contribution < -0.4 is 11.1 Å². The molecule has 2 unspecified atom stereocenters. The standard InChI is InChI=1S/C25H29FN8O3/c1-25(26)7-19(9-28)34(14-25)24(37)21-5-17(23(36)29-21)6-22(35)32-10-15-3-2-4-16(20(15)13-32)11-33-12-18(8-27)30-31-33/h2-4,12,17,19,21H,5-8,10-11,13-14,27H2,1H3,(H,29,36)/t17-,19-,21?,25?/m0/s1. The second-order valence-corrected chi connectivity index (χ2v) is 10.3. The van der Waals surface area contributed by atoms with Crippen LogP contribution in [-0.2, 0) is 40.6 Å². The van der Waals surface area contributed by atoms with Gasteiger partial charge in [-0.05, 0) is 30.0 Å². The zero-order chi connectivity index (χ0) is 26.3. The third kappa shape index (κ3) is 4.91. The van der Waals surface area contributed by atoms with Gasteiger partial charge in [-0.1, -0.05) is 23.4 Å². The number of halogens is 1. The molecule has 2 fully saturated rings. The summed E-state index contributed by atoms with van der Waals surface area (Å²) in [7, 11) is 0. The van der Waals surface area contributed by atoms with Gasteiger partial charge in [-0.15, -0.1) is 5.10 Å². The summed E-state index contributed by atoms with van der Waals surface area (Å²) in [5.41, 5.74) is 7.80. The molecular formula is C25H29FN8O3. The maximum Gasteiger partial charge on any atom is 0.246 e. The van der Waals surface area contributed by atoms with E-state index < -0.39 is 29.6 Å². The molecule has 0 aliphatic carbocycles. The number of amides is 3. The molecule has 1 aromatic carbocycles. The van der Waals surface area contributed by atoms with Crippen molar-refractivity contribution in [3.63, 3.8) is 0 Å². The lowest BCUT2D eigenvalue weighted by atomic mass is 9.99. The summed E-state index contributed by atoms with van der Waals surface area (Å²) in [6, 6.07) is 6.17. The van der Waals surface area contributed by atoms with Crippen LogP contribution in [0.3, 0.4) is 0 Å². The molecule has 3 aliphatic heterocycles. The third-order valence-corrected chi connectivity index (χ3v) is 7.41. The molecule has 2 aromatic rings. The molecule has 194 valence electrons. The van der Waals surface area contributed by atoms with Gasteiger partial charge < -0.3 is 20.9 Å². The van der Waals surface area contributed by atoms with Crippen molar-refractivity contribution < 1.29 is 18.8 Å². The van der Waals surface area contributed by atoms with Crippen LogP contribution in [0.4, 0.5) is 4.39 Å². The van der Waals surface area contributed by atoms with Crippen LogP contribution >= 0.6 is 0 Å². The van der Waals surface area contributed by atoms with E-state index in [-0.39, 0.29) is 37.6 Å². The summed E-state index contributed by atoms with van der Waals surface area (Å²) in [6.07, 6.45) is 1.86. The molecule has 37 heavy (non-hydrogen) atoms. The molecule has 3 aliphatic rings. The Balaban J connectivity index is 1.21. The summed E-state index contributed by atoms with van der Waals surface area (Å²) in [4.78, 5) is 41.7. The SMILES string of the molecule is CC1(F)C[C@@H](C#N)N(C(=O)C2C[C@@H](CC(=O)N3Cc4cccc(Cn5cc(CN)nn5)c4C3)C(=O)N2)C1. The lowest BCUT2D eigenvalue weighted by molar-refractivity contribution is -0.135. The van der Waals surface area contributed by atoms with Crippen molar-refractivity contribution in [1.29, 1.82) is 5.26 Å². The van der Waals surface area contributed by atoms with E-state index in [4.69, 9.17) is 5.73 Å². The van der Waals surface area contributed by atoms with Crippen molar-refractivity contribution in [2.75, 3.05) is 6.54 Å². The summed E-state index contributed by atoms with van der Waals surface area (Å²) in [5, 5.41) is 20.1. The van der Waals surface area contributed by atoms with Gasteiger partial charge in [-0.25, -0.2) is 9.07 Å². The van der Waals surface area contributed by atoms with Crippen LogP contribution in [0.25, 0.3) is 0 Å². The summed E-state index contributed by atoms with van der Waals surface area (Å²) in [5.74, 6) is -1.68. The quantitative estimate of drug-likeness (QED) is 0.572. The third-order valence-electron chi connectivity index (χ3n) is 7.41. The van der Waals surface area contributed by atoms with Crippen molar-refractivity contribution in [2.24, 2.45) is 11.7 Å². The average molecular weight is 509 g/mol. The van der Waals surface area contributed by atoms with E-state index in [0.717, 1.165) is 16.7 Å². The zero-order valence-corrected chi connectivity index (χ0v) is 20.6. The lowest BCUT2D eigenvalue weighted by Crippen LogP contribution is -2.46. The Hall–Kier alpha value is -3.85. The minimum absolute atomic E-state index is 0.0234. The van der Waals surface area contributed by atoms with Crippen molar-refractivity contribution in [1.82, 2.24) is 30.1 Å². The lowest BCUT2D eigenvalue weighted by Gasteiger charge is -2.23. The van der Waals surface area contributed by atoms with Crippen molar-refractivity contribution in [3.05, 3.63) is 46.8 Å². The summed E-state index contributed by atoms with van der Waals surface area (Å²) >= 11 is 0. The minimum atomic E-state index is -1.64. The monoisotopic (exact) mass is 508 g/mol. The van der Waals surface area contributed by atoms with Crippen LogP contribution in [-0.4, -0.2) is 66.8 Å².